The maximum Gasteiger partial charge on any atom is 0.119 e. The first-order valence-electron chi connectivity index (χ1n) is 6.86. The van der Waals surface area contributed by atoms with E-state index in [0.29, 0.717) is 11.3 Å². The lowest BCUT2D eigenvalue weighted by atomic mass is 9.87. The molecule has 0 radical (unpaired) electrons. The summed E-state index contributed by atoms with van der Waals surface area (Å²) in [6.07, 6.45) is 2.34. The molecule has 2 nitrogen and oxygen atoms in total. The monoisotopic (exact) mass is 305 g/mol. The van der Waals surface area contributed by atoms with Gasteiger partial charge in [0.05, 0.1) is 11.3 Å². The van der Waals surface area contributed by atoms with E-state index in [2.05, 4.69) is 48.1 Å². The number of nitrogens with one attached hydrogen (secondary N) is 1. The van der Waals surface area contributed by atoms with Gasteiger partial charge in [-0.05, 0) is 54.6 Å². The van der Waals surface area contributed by atoms with Crippen molar-refractivity contribution in [3.05, 3.63) is 46.8 Å². The topological polar surface area (TPSA) is 21.3 Å². The molecule has 0 spiro atoms. The standard InChI is InChI=1S/C16H19NOS2/c1-17-16-13-7-6-12(18-2)10-11(13)5-8-14(16)20-15-4-3-9-19-15/h3-4,6-7,9-10,14,16-17H,5,8H2,1-2H3. The van der Waals surface area contributed by atoms with Gasteiger partial charge in [0.2, 0.25) is 0 Å². The molecule has 3 rings (SSSR count). The second-order valence-corrected chi connectivity index (χ2v) is 7.45. The zero-order valence-corrected chi connectivity index (χ0v) is 13.4. The van der Waals surface area contributed by atoms with Crippen LogP contribution in [-0.2, 0) is 6.42 Å². The van der Waals surface area contributed by atoms with Crippen LogP contribution in [0.2, 0.25) is 0 Å². The summed E-state index contributed by atoms with van der Waals surface area (Å²) in [4.78, 5) is 0. The Hall–Kier alpha value is -0.970. The number of aryl methyl sites for hydroxylation is 1. The maximum absolute atomic E-state index is 5.34. The molecule has 0 saturated heterocycles. The number of thioether (sulfide) groups is 1. The van der Waals surface area contributed by atoms with E-state index >= 15 is 0 Å². The van der Waals surface area contributed by atoms with Crippen LogP contribution >= 0.6 is 23.1 Å². The highest BCUT2D eigenvalue weighted by atomic mass is 32.2. The first-order chi connectivity index (χ1) is 9.81. The summed E-state index contributed by atoms with van der Waals surface area (Å²) in [6.45, 7) is 0. The zero-order valence-electron chi connectivity index (χ0n) is 11.8. The van der Waals surface area contributed by atoms with Gasteiger partial charge in [0.1, 0.15) is 5.75 Å². The zero-order chi connectivity index (χ0) is 13.9. The van der Waals surface area contributed by atoms with Crippen LogP contribution in [0.25, 0.3) is 0 Å². The highest BCUT2D eigenvalue weighted by Gasteiger charge is 2.29. The van der Waals surface area contributed by atoms with Gasteiger partial charge in [0.15, 0.2) is 0 Å². The molecule has 0 fully saturated rings. The molecule has 2 unspecified atom stereocenters. The first-order valence-corrected chi connectivity index (χ1v) is 8.62. The Morgan fingerprint density at radius 1 is 1.35 bits per heavy atom. The van der Waals surface area contributed by atoms with Crippen LogP contribution in [0.5, 0.6) is 5.75 Å². The van der Waals surface area contributed by atoms with E-state index in [1.165, 1.54) is 21.8 Å². The van der Waals surface area contributed by atoms with Crippen molar-refractivity contribution in [1.29, 1.82) is 0 Å². The smallest absolute Gasteiger partial charge is 0.119 e. The summed E-state index contributed by atoms with van der Waals surface area (Å²) in [5.74, 6) is 0.961. The molecule has 1 aromatic heterocycles. The Bertz CT molecular complexity index is 568. The highest BCUT2D eigenvalue weighted by molar-refractivity contribution is 8.01. The van der Waals surface area contributed by atoms with Crippen LogP contribution in [0.4, 0.5) is 0 Å². The second kappa shape index (κ2) is 6.20. The molecule has 1 N–H and O–H groups in total. The van der Waals surface area contributed by atoms with E-state index in [9.17, 15) is 0 Å². The minimum absolute atomic E-state index is 0.414. The Morgan fingerprint density at radius 2 is 2.25 bits per heavy atom. The molecule has 106 valence electrons. The number of thiophene rings is 1. The van der Waals surface area contributed by atoms with Crippen molar-refractivity contribution < 1.29 is 4.74 Å². The molecule has 1 heterocycles. The third kappa shape index (κ3) is 2.73. The highest BCUT2D eigenvalue weighted by Crippen LogP contribution is 2.42. The number of hydrogen-bond acceptors (Lipinski definition) is 4. The van der Waals surface area contributed by atoms with E-state index in [4.69, 9.17) is 4.74 Å². The van der Waals surface area contributed by atoms with E-state index in [-0.39, 0.29) is 0 Å². The van der Waals surface area contributed by atoms with Crippen molar-refractivity contribution in [2.75, 3.05) is 14.2 Å². The summed E-state index contributed by atoms with van der Waals surface area (Å²) in [6, 6.07) is 11.2. The summed E-state index contributed by atoms with van der Waals surface area (Å²) >= 11 is 3.83. The Morgan fingerprint density at radius 3 is 2.95 bits per heavy atom. The average molecular weight is 305 g/mol. The molecule has 0 bridgehead atoms. The molecule has 2 aromatic rings. The first kappa shape index (κ1) is 14.0. The van der Waals surface area contributed by atoms with Crippen LogP contribution in [-0.4, -0.2) is 19.4 Å². The van der Waals surface area contributed by atoms with Crippen molar-refractivity contribution in [3.63, 3.8) is 0 Å². The van der Waals surface area contributed by atoms with E-state index in [0.717, 1.165) is 12.2 Å². The number of rotatable bonds is 4. The van der Waals surface area contributed by atoms with Crippen molar-refractivity contribution in [2.24, 2.45) is 0 Å². The predicted octanol–water partition coefficient (Wildman–Crippen LogP) is 4.12. The summed E-state index contributed by atoms with van der Waals surface area (Å²) in [7, 11) is 3.79. The third-order valence-corrected chi connectivity index (χ3v) is 6.25. The summed E-state index contributed by atoms with van der Waals surface area (Å²) in [5.41, 5.74) is 2.85. The van der Waals surface area contributed by atoms with Crippen molar-refractivity contribution in [2.45, 2.75) is 28.3 Å². The molecular weight excluding hydrogens is 286 g/mol. The van der Waals surface area contributed by atoms with Crippen LogP contribution < -0.4 is 10.1 Å². The van der Waals surface area contributed by atoms with Gasteiger partial charge in [-0.25, -0.2) is 0 Å². The molecule has 0 aliphatic heterocycles. The molecule has 0 amide bonds. The molecule has 20 heavy (non-hydrogen) atoms. The van der Waals surface area contributed by atoms with Crippen molar-refractivity contribution >= 4 is 23.1 Å². The van der Waals surface area contributed by atoms with Crippen molar-refractivity contribution in [3.8, 4) is 5.75 Å². The lowest BCUT2D eigenvalue weighted by Crippen LogP contribution is -2.32. The molecule has 4 heteroatoms. The van der Waals surface area contributed by atoms with Crippen LogP contribution in [0, 0.1) is 0 Å². The Balaban J connectivity index is 1.85. The fourth-order valence-electron chi connectivity index (χ4n) is 2.84. The van der Waals surface area contributed by atoms with Gasteiger partial charge >= 0.3 is 0 Å². The number of fused-ring (bicyclic) bond motifs is 1. The quantitative estimate of drug-likeness (QED) is 0.918. The van der Waals surface area contributed by atoms with Crippen molar-refractivity contribution in [1.82, 2.24) is 5.32 Å². The Labute approximate surface area is 128 Å². The molecule has 1 aliphatic carbocycles. The number of benzene rings is 1. The Kier molecular flexibility index (Phi) is 4.34. The fraction of sp³-hybridized carbons (Fsp3) is 0.375. The van der Waals surface area contributed by atoms with Gasteiger partial charge in [-0.3, -0.25) is 0 Å². The van der Waals surface area contributed by atoms with E-state index in [1.54, 1.807) is 7.11 Å². The minimum Gasteiger partial charge on any atom is -0.497 e. The summed E-state index contributed by atoms with van der Waals surface area (Å²) in [5, 5.41) is 6.25. The van der Waals surface area contributed by atoms with E-state index < -0.39 is 0 Å². The SMILES string of the molecule is CNC1c2ccc(OC)cc2CCC1Sc1cccs1. The number of methoxy groups -OCH3 is 1. The van der Waals surface area contributed by atoms with Crippen LogP contribution in [0.1, 0.15) is 23.6 Å². The molecule has 0 saturated carbocycles. The molecule has 2 atom stereocenters. The summed E-state index contributed by atoms with van der Waals surface area (Å²) < 4.78 is 6.75. The second-order valence-electron chi connectivity index (χ2n) is 4.96. The third-order valence-electron chi connectivity index (χ3n) is 3.83. The molecule has 1 aliphatic rings. The van der Waals surface area contributed by atoms with Gasteiger partial charge in [0.25, 0.3) is 0 Å². The molecule has 1 aromatic carbocycles. The number of hydrogen-bond donors (Lipinski definition) is 1. The molecular formula is C16H19NOS2. The lowest BCUT2D eigenvalue weighted by molar-refractivity contribution is 0.412. The lowest BCUT2D eigenvalue weighted by Gasteiger charge is -2.33. The normalized spacial score (nSPS) is 21.5. The number of ether oxygens (including phenoxy) is 1. The van der Waals surface area contributed by atoms with Gasteiger partial charge in [-0.2, -0.15) is 0 Å². The largest absolute Gasteiger partial charge is 0.497 e. The van der Waals surface area contributed by atoms with Gasteiger partial charge in [0, 0.05) is 11.3 Å². The van der Waals surface area contributed by atoms with Gasteiger partial charge in [-0.1, -0.05) is 12.1 Å². The van der Waals surface area contributed by atoms with Crippen LogP contribution in [0.15, 0.2) is 39.9 Å². The average Bonchev–Trinajstić information content (AvgIpc) is 2.99. The van der Waals surface area contributed by atoms with Gasteiger partial charge < -0.3 is 10.1 Å². The van der Waals surface area contributed by atoms with Gasteiger partial charge in [-0.15, -0.1) is 23.1 Å². The minimum atomic E-state index is 0.414. The van der Waals surface area contributed by atoms with Crippen LogP contribution in [0.3, 0.4) is 0 Å². The predicted molar refractivity (Wildman–Crippen MR) is 87.1 cm³/mol. The maximum atomic E-state index is 5.34. The van der Waals surface area contributed by atoms with E-state index in [1.807, 2.05) is 23.1 Å². The fourth-order valence-corrected chi connectivity index (χ4v) is 5.16.